The minimum atomic E-state index is -2.60. The minimum Gasteiger partial charge on any atom is -0.507 e. The Hall–Kier alpha value is -2.17. The van der Waals surface area contributed by atoms with Crippen LogP contribution in [0.15, 0.2) is 36.4 Å². The number of nitrogens with zero attached hydrogens (tertiary/aromatic N) is 1. The van der Waals surface area contributed by atoms with Crippen molar-refractivity contribution in [1.29, 1.82) is 0 Å². The molecule has 0 aromatic heterocycles. The van der Waals surface area contributed by atoms with Crippen LogP contribution >= 0.6 is 0 Å². The van der Waals surface area contributed by atoms with Gasteiger partial charge >= 0.3 is 0 Å². The third-order valence-electron chi connectivity index (χ3n) is 2.85. The van der Waals surface area contributed by atoms with Gasteiger partial charge in [0.15, 0.2) is 0 Å². The van der Waals surface area contributed by atoms with E-state index < -0.39 is 18.9 Å². The molecule has 2 rings (SSSR count). The van der Waals surface area contributed by atoms with Crippen LogP contribution in [0.3, 0.4) is 0 Å². The van der Waals surface area contributed by atoms with E-state index in [4.69, 9.17) is 0 Å². The average Bonchev–Trinajstić information content (AvgIpc) is 2.36. The quantitative estimate of drug-likeness (QED) is 0.927. The predicted octanol–water partition coefficient (Wildman–Crippen LogP) is 2.88. The Morgan fingerprint density at radius 2 is 1.84 bits per heavy atom. The molecule has 2 aromatic rings. The Kier molecular flexibility index (Phi) is 3.64. The Morgan fingerprint density at radius 3 is 2.42 bits per heavy atom. The summed E-state index contributed by atoms with van der Waals surface area (Å²) in [7, 11) is 1.28. The molecule has 0 unspecified atom stereocenters. The van der Waals surface area contributed by atoms with Crippen molar-refractivity contribution in [3.05, 3.63) is 42.0 Å². The Labute approximate surface area is 109 Å². The highest BCUT2D eigenvalue weighted by Gasteiger charge is 2.19. The molecule has 1 N–H and O–H groups in total. The van der Waals surface area contributed by atoms with E-state index in [1.807, 2.05) is 6.07 Å². The summed E-state index contributed by atoms with van der Waals surface area (Å²) in [5.74, 6) is -0.826. The monoisotopic (exact) mass is 265 g/mol. The zero-order valence-electron chi connectivity index (χ0n) is 10.3. The molecule has 0 atom stereocenters. The molecule has 0 spiro atoms. The summed E-state index contributed by atoms with van der Waals surface area (Å²) >= 11 is 0. The molecule has 5 heteroatoms. The normalized spacial score (nSPS) is 10.9. The van der Waals surface area contributed by atoms with Gasteiger partial charge in [0, 0.05) is 7.05 Å². The van der Waals surface area contributed by atoms with Gasteiger partial charge in [-0.05, 0) is 22.9 Å². The van der Waals surface area contributed by atoms with Crippen molar-refractivity contribution in [1.82, 2.24) is 4.90 Å². The van der Waals surface area contributed by atoms with Crippen LogP contribution in [0.5, 0.6) is 5.75 Å². The number of phenols is 1. The highest BCUT2D eigenvalue weighted by atomic mass is 19.3. The Bertz CT molecular complexity index is 613. The molecule has 100 valence electrons. The fraction of sp³-hybridized carbons (Fsp3) is 0.214. The average molecular weight is 265 g/mol. The number of hydrogen-bond donors (Lipinski definition) is 1. The van der Waals surface area contributed by atoms with Gasteiger partial charge in [-0.2, -0.15) is 0 Å². The summed E-state index contributed by atoms with van der Waals surface area (Å²) in [5.41, 5.74) is 0.0295. The molecule has 19 heavy (non-hydrogen) atoms. The van der Waals surface area contributed by atoms with E-state index in [1.54, 1.807) is 18.2 Å². The largest absolute Gasteiger partial charge is 0.507 e. The first-order chi connectivity index (χ1) is 8.99. The fourth-order valence-corrected chi connectivity index (χ4v) is 1.90. The third-order valence-corrected chi connectivity index (χ3v) is 2.85. The molecular weight excluding hydrogens is 252 g/mol. The van der Waals surface area contributed by atoms with Gasteiger partial charge in [0.05, 0.1) is 12.1 Å². The van der Waals surface area contributed by atoms with Crippen LogP contribution in [-0.2, 0) is 0 Å². The van der Waals surface area contributed by atoms with Gasteiger partial charge < -0.3 is 10.0 Å². The number of halogens is 2. The maximum absolute atomic E-state index is 12.3. The van der Waals surface area contributed by atoms with E-state index in [-0.39, 0.29) is 11.3 Å². The zero-order valence-corrected chi connectivity index (χ0v) is 10.3. The van der Waals surface area contributed by atoms with Gasteiger partial charge in [0.1, 0.15) is 5.75 Å². The van der Waals surface area contributed by atoms with Crippen LogP contribution in [0.25, 0.3) is 10.8 Å². The van der Waals surface area contributed by atoms with Crippen LogP contribution in [0, 0.1) is 0 Å². The van der Waals surface area contributed by atoms with Crippen LogP contribution in [0.2, 0.25) is 0 Å². The van der Waals surface area contributed by atoms with E-state index in [2.05, 4.69) is 0 Å². The highest BCUT2D eigenvalue weighted by molar-refractivity contribution is 6.01. The van der Waals surface area contributed by atoms with Crippen LogP contribution in [0.4, 0.5) is 8.78 Å². The van der Waals surface area contributed by atoms with Crippen LogP contribution in [0.1, 0.15) is 10.4 Å². The standard InChI is InChI=1S/C14H13F2NO2/c1-17(8-13(15)16)14(19)11-6-9-4-2-3-5-10(9)7-12(11)18/h2-7,13,18H,8H2,1H3. The van der Waals surface area contributed by atoms with Crippen molar-refractivity contribution in [2.75, 3.05) is 13.6 Å². The maximum atomic E-state index is 12.3. The third kappa shape index (κ3) is 2.81. The Morgan fingerprint density at radius 1 is 1.26 bits per heavy atom. The summed E-state index contributed by atoms with van der Waals surface area (Å²) in [6.45, 7) is -0.662. The second-order valence-electron chi connectivity index (χ2n) is 4.29. The molecule has 0 aliphatic carbocycles. The number of carbonyl (C=O) groups excluding carboxylic acids is 1. The predicted molar refractivity (Wildman–Crippen MR) is 68.6 cm³/mol. The van der Waals surface area contributed by atoms with Crippen molar-refractivity contribution in [3.63, 3.8) is 0 Å². The Balaban J connectivity index is 2.39. The van der Waals surface area contributed by atoms with Gasteiger partial charge in [0.25, 0.3) is 12.3 Å². The first-order valence-corrected chi connectivity index (χ1v) is 5.74. The SMILES string of the molecule is CN(CC(F)F)C(=O)c1cc2ccccc2cc1O. The highest BCUT2D eigenvalue weighted by Crippen LogP contribution is 2.26. The number of fused-ring (bicyclic) bond motifs is 1. The molecule has 2 aromatic carbocycles. The lowest BCUT2D eigenvalue weighted by Crippen LogP contribution is -2.31. The molecular formula is C14H13F2NO2. The molecule has 3 nitrogen and oxygen atoms in total. The van der Waals surface area contributed by atoms with Crippen molar-refractivity contribution in [2.24, 2.45) is 0 Å². The van der Waals surface area contributed by atoms with Gasteiger partial charge in [-0.1, -0.05) is 24.3 Å². The summed E-state index contributed by atoms with van der Waals surface area (Å²) in [4.78, 5) is 12.9. The molecule has 1 amide bonds. The van der Waals surface area contributed by atoms with Gasteiger partial charge in [-0.15, -0.1) is 0 Å². The summed E-state index contributed by atoms with van der Waals surface area (Å²) in [6, 6.07) is 10.2. The van der Waals surface area contributed by atoms with E-state index in [9.17, 15) is 18.7 Å². The molecule has 0 bridgehead atoms. The molecule has 0 radical (unpaired) electrons. The molecule has 0 saturated heterocycles. The van der Waals surface area contributed by atoms with Crippen molar-refractivity contribution in [2.45, 2.75) is 6.43 Å². The first kappa shape index (κ1) is 13.3. The van der Waals surface area contributed by atoms with Gasteiger partial charge in [-0.3, -0.25) is 4.79 Å². The minimum absolute atomic E-state index is 0.0295. The number of carbonyl (C=O) groups is 1. The summed E-state index contributed by atoms with van der Waals surface area (Å²) < 4.78 is 24.5. The number of alkyl halides is 2. The number of benzene rings is 2. The molecule has 0 heterocycles. The molecule has 0 aliphatic heterocycles. The fourth-order valence-electron chi connectivity index (χ4n) is 1.90. The van der Waals surface area contributed by atoms with E-state index in [0.29, 0.717) is 0 Å². The summed E-state index contributed by atoms with van der Waals surface area (Å²) in [6.07, 6.45) is -2.60. The molecule has 0 aliphatic rings. The van der Waals surface area contributed by atoms with Crippen LogP contribution < -0.4 is 0 Å². The van der Waals surface area contributed by atoms with Gasteiger partial charge in [-0.25, -0.2) is 8.78 Å². The number of phenolic OH excluding ortho intramolecular Hbond substituents is 1. The summed E-state index contributed by atoms with van der Waals surface area (Å²) in [5, 5.41) is 11.4. The zero-order chi connectivity index (χ0) is 14.0. The van der Waals surface area contributed by atoms with Crippen LogP contribution in [-0.4, -0.2) is 35.9 Å². The smallest absolute Gasteiger partial charge is 0.257 e. The van der Waals surface area contributed by atoms with Crippen molar-refractivity contribution in [3.8, 4) is 5.75 Å². The van der Waals surface area contributed by atoms with Crippen molar-refractivity contribution < 1.29 is 18.7 Å². The number of rotatable bonds is 3. The maximum Gasteiger partial charge on any atom is 0.257 e. The van der Waals surface area contributed by atoms with E-state index in [0.717, 1.165) is 15.7 Å². The number of hydrogen-bond acceptors (Lipinski definition) is 2. The lowest BCUT2D eigenvalue weighted by Gasteiger charge is -2.17. The van der Waals surface area contributed by atoms with Gasteiger partial charge in [0.2, 0.25) is 0 Å². The lowest BCUT2D eigenvalue weighted by atomic mass is 10.1. The van der Waals surface area contributed by atoms with E-state index >= 15 is 0 Å². The second kappa shape index (κ2) is 5.22. The molecule has 0 saturated carbocycles. The topological polar surface area (TPSA) is 40.5 Å². The number of aromatic hydroxyl groups is 1. The van der Waals surface area contributed by atoms with E-state index in [1.165, 1.54) is 19.2 Å². The lowest BCUT2D eigenvalue weighted by molar-refractivity contribution is 0.0618. The van der Waals surface area contributed by atoms with Crippen molar-refractivity contribution >= 4 is 16.7 Å². The molecule has 0 fully saturated rings. The second-order valence-corrected chi connectivity index (χ2v) is 4.29. The first-order valence-electron chi connectivity index (χ1n) is 5.74. The number of amides is 1.